The molecule has 0 aliphatic rings. The topological polar surface area (TPSA) is 96.8 Å². The second kappa shape index (κ2) is 6.17. The van der Waals surface area contributed by atoms with E-state index in [2.05, 4.69) is 9.72 Å². The number of ether oxygens (including phenoxy) is 1. The number of likely N-dealkylation sites (N-methyl/N-ethyl adjacent to an activating group) is 1. The molecule has 0 saturated carbocycles. The van der Waals surface area contributed by atoms with E-state index in [1.54, 1.807) is 6.92 Å². The molecule has 1 rings (SSSR count). The van der Waals surface area contributed by atoms with E-state index in [1.165, 1.54) is 19.4 Å². The number of aliphatic hydroxyl groups is 1. The summed E-state index contributed by atoms with van der Waals surface area (Å²) in [4.78, 5) is 15.3. The standard InChI is InChI=1S/C11H18N2O5S2/c1-5-13(6-11(2,3)15)20(16,17)10-8(9(14)18-4)12-7-19-10/h7,15H,5-6H2,1-4H3. The molecule has 0 unspecified atom stereocenters. The van der Waals surface area contributed by atoms with E-state index in [9.17, 15) is 18.3 Å². The molecule has 0 spiro atoms. The lowest BCUT2D eigenvalue weighted by molar-refractivity contribution is 0.0589. The minimum Gasteiger partial charge on any atom is -0.464 e. The maximum Gasteiger partial charge on any atom is 0.358 e. The summed E-state index contributed by atoms with van der Waals surface area (Å²) < 4.78 is 30.5. The molecule has 0 saturated heterocycles. The molecule has 1 heterocycles. The normalized spacial score (nSPS) is 12.7. The highest BCUT2D eigenvalue weighted by atomic mass is 32.2. The molecule has 1 aromatic heterocycles. The highest BCUT2D eigenvalue weighted by Gasteiger charge is 2.33. The molecular weight excluding hydrogens is 304 g/mol. The van der Waals surface area contributed by atoms with Gasteiger partial charge in [0.05, 0.1) is 18.2 Å². The summed E-state index contributed by atoms with van der Waals surface area (Å²) in [5, 5.41) is 9.79. The Morgan fingerprint density at radius 1 is 1.55 bits per heavy atom. The molecule has 20 heavy (non-hydrogen) atoms. The highest BCUT2D eigenvalue weighted by molar-refractivity contribution is 7.91. The molecule has 9 heteroatoms. The summed E-state index contributed by atoms with van der Waals surface area (Å²) in [7, 11) is -2.74. The van der Waals surface area contributed by atoms with Crippen LogP contribution < -0.4 is 0 Å². The van der Waals surface area contributed by atoms with Crippen LogP contribution in [0.25, 0.3) is 0 Å². The largest absolute Gasteiger partial charge is 0.464 e. The van der Waals surface area contributed by atoms with Crippen molar-refractivity contribution in [2.45, 2.75) is 30.6 Å². The monoisotopic (exact) mass is 322 g/mol. The average molecular weight is 322 g/mol. The van der Waals surface area contributed by atoms with Gasteiger partial charge < -0.3 is 9.84 Å². The number of sulfonamides is 1. The molecule has 0 amide bonds. The maximum absolute atomic E-state index is 12.5. The van der Waals surface area contributed by atoms with Crippen molar-refractivity contribution in [3.63, 3.8) is 0 Å². The second-order valence-corrected chi connectivity index (χ2v) is 7.71. The van der Waals surface area contributed by atoms with Gasteiger partial charge in [-0.05, 0) is 13.8 Å². The fourth-order valence-electron chi connectivity index (χ4n) is 1.57. The zero-order valence-electron chi connectivity index (χ0n) is 11.8. The quantitative estimate of drug-likeness (QED) is 0.775. The first-order valence-electron chi connectivity index (χ1n) is 5.87. The van der Waals surface area contributed by atoms with Gasteiger partial charge in [-0.3, -0.25) is 0 Å². The van der Waals surface area contributed by atoms with Crippen LogP contribution in [0.2, 0.25) is 0 Å². The van der Waals surface area contributed by atoms with Gasteiger partial charge in [0.25, 0.3) is 10.0 Å². The third kappa shape index (κ3) is 3.75. The van der Waals surface area contributed by atoms with E-state index in [0.717, 1.165) is 22.8 Å². The van der Waals surface area contributed by atoms with Crippen molar-refractivity contribution in [1.29, 1.82) is 0 Å². The number of hydrogen-bond acceptors (Lipinski definition) is 7. The Hall–Kier alpha value is -1.03. The van der Waals surface area contributed by atoms with Gasteiger partial charge in [-0.15, -0.1) is 11.3 Å². The number of aromatic nitrogens is 1. The van der Waals surface area contributed by atoms with Gasteiger partial charge in [0.15, 0.2) is 9.90 Å². The SMILES string of the molecule is CCN(CC(C)(C)O)S(=O)(=O)c1scnc1C(=O)OC. The van der Waals surface area contributed by atoms with Crippen LogP contribution in [0.15, 0.2) is 9.72 Å². The molecule has 0 aliphatic carbocycles. The molecule has 0 fully saturated rings. The first-order valence-corrected chi connectivity index (χ1v) is 8.19. The number of nitrogens with zero attached hydrogens (tertiary/aromatic N) is 2. The highest BCUT2D eigenvalue weighted by Crippen LogP contribution is 2.25. The summed E-state index contributed by atoms with van der Waals surface area (Å²) in [6, 6.07) is 0. The van der Waals surface area contributed by atoms with E-state index in [0.29, 0.717) is 0 Å². The van der Waals surface area contributed by atoms with Crippen LogP contribution >= 0.6 is 11.3 Å². The van der Waals surface area contributed by atoms with E-state index in [1.807, 2.05) is 0 Å². The number of esters is 1. The lowest BCUT2D eigenvalue weighted by atomic mass is 10.1. The molecule has 114 valence electrons. The van der Waals surface area contributed by atoms with Crippen LogP contribution in [0, 0.1) is 0 Å². The number of thiazole rings is 1. The molecule has 0 aromatic carbocycles. The van der Waals surface area contributed by atoms with Gasteiger partial charge in [0.2, 0.25) is 0 Å². The Morgan fingerprint density at radius 2 is 2.15 bits per heavy atom. The van der Waals surface area contributed by atoms with Crippen LogP contribution in [-0.2, 0) is 14.8 Å². The Balaban J connectivity index is 3.22. The van der Waals surface area contributed by atoms with Crippen molar-refractivity contribution in [3.8, 4) is 0 Å². The molecule has 0 aliphatic heterocycles. The summed E-state index contributed by atoms with van der Waals surface area (Å²) in [6.45, 7) is 4.77. The molecular formula is C11H18N2O5S2. The van der Waals surface area contributed by atoms with Gasteiger partial charge in [-0.1, -0.05) is 6.92 Å². The van der Waals surface area contributed by atoms with Crippen LogP contribution in [0.4, 0.5) is 0 Å². The predicted octanol–water partition coefficient (Wildman–Crippen LogP) is 0.711. The summed E-state index contributed by atoms with van der Waals surface area (Å²) in [5.74, 6) is -0.802. The van der Waals surface area contributed by atoms with Crippen LogP contribution in [-0.4, -0.2) is 54.6 Å². The molecule has 0 atom stereocenters. The number of carbonyl (C=O) groups is 1. The van der Waals surface area contributed by atoms with Gasteiger partial charge in [0.1, 0.15) is 0 Å². The number of carbonyl (C=O) groups excluding carboxylic acids is 1. The third-order valence-corrected chi connectivity index (χ3v) is 5.67. The Bertz CT molecular complexity index is 574. The molecule has 7 nitrogen and oxygen atoms in total. The van der Waals surface area contributed by atoms with Crippen LogP contribution in [0.5, 0.6) is 0 Å². The van der Waals surface area contributed by atoms with Crippen molar-refractivity contribution < 1.29 is 23.1 Å². The molecule has 0 bridgehead atoms. The first-order chi connectivity index (χ1) is 9.13. The number of hydrogen-bond donors (Lipinski definition) is 1. The number of rotatable bonds is 6. The van der Waals surface area contributed by atoms with Crippen molar-refractivity contribution in [3.05, 3.63) is 11.2 Å². The maximum atomic E-state index is 12.5. The third-order valence-electron chi connectivity index (χ3n) is 2.40. The lowest BCUT2D eigenvalue weighted by Crippen LogP contribution is -2.42. The summed E-state index contributed by atoms with van der Waals surface area (Å²) in [6.07, 6.45) is 0. The van der Waals surface area contributed by atoms with Gasteiger partial charge in [-0.25, -0.2) is 18.2 Å². The van der Waals surface area contributed by atoms with E-state index in [4.69, 9.17) is 0 Å². The minimum absolute atomic E-state index is 0.0790. The lowest BCUT2D eigenvalue weighted by Gasteiger charge is -2.26. The number of methoxy groups -OCH3 is 1. The fraction of sp³-hybridized carbons (Fsp3) is 0.636. The van der Waals surface area contributed by atoms with E-state index in [-0.39, 0.29) is 23.0 Å². The fourth-order valence-corrected chi connectivity index (χ4v) is 4.44. The molecule has 1 aromatic rings. The zero-order chi connectivity index (χ0) is 15.6. The Morgan fingerprint density at radius 3 is 2.60 bits per heavy atom. The van der Waals surface area contributed by atoms with E-state index < -0.39 is 21.6 Å². The van der Waals surface area contributed by atoms with Crippen molar-refractivity contribution in [2.75, 3.05) is 20.2 Å². The van der Waals surface area contributed by atoms with Crippen LogP contribution in [0.1, 0.15) is 31.3 Å². The smallest absolute Gasteiger partial charge is 0.358 e. The average Bonchev–Trinajstić information content (AvgIpc) is 2.83. The molecule has 0 radical (unpaired) electrons. The van der Waals surface area contributed by atoms with Gasteiger partial charge in [0, 0.05) is 13.1 Å². The van der Waals surface area contributed by atoms with Crippen molar-refractivity contribution in [2.24, 2.45) is 0 Å². The summed E-state index contributed by atoms with van der Waals surface area (Å²) >= 11 is 0.847. The predicted molar refractivity (Wildman–Crippen MR) is 74.2 cm³/mol. The first kappa shape index (κ1) is 17.0. The second-order valence-electron chi connectivity index (χ2n) is 4.72. The molecule has 1 N–H and O–H groups in total. The van der Waals surface area contributed by atoms with E-state index >= 15 is 0 Å². The summed E-state index contributed by atoms with van der Waals surface area (Å²) in [5.41, 5.74) is -0.136. The van der Waals surface area contributed by atoms with Gasteiger partial charge in [-0.2, -0.15) is 4.31 Å². The Labute approximate surface area is 122 Å². The van der Waals surface area contributed by atoms with Gasteiger partial charge >= 0.3 is 5.97 Å². The van der Waals surface area contributed by atoms with Crippen molar-refractivity contribution >= 4 is 27.3 Å². The van der Waals surface area contributed by atoms with Crippen molar-refractivity contribution in [1.82, 2.24) is 9.29 Å². The minimum atomic E-state index is -3.90. The Kier molecular flexibility index (Phi) is 5.25. The zero-order valence-corrected chi connectivity index (χ0v) is 13.4. The van der Waals surface area contributed by atoms with Crippen LogP contribution in [0.3, 0.4) is 0 Å².